The van der Waals surface area contributed by atoms with E-state index in [0.29, 0.717) is 17.2 Å². The Bertz CT molecular complexity index is 888. The fraction of sp³-hybridized carbons (Fsp3) is 0.158. The minimum atomic E-state index is -0.367. The molecule has 0 saturated heterocycles. The van der Waals surface area contributed by atoms with E-state index in [4.69, 9.17) is 9.47 Å². The van der Waals surface area contributed by atoms with Crippen molar-refractivity contribution in [2.45, 2.75) is 6.92 Å². The first kappa shape index (κ1) is 16.6. The zero-order chi connectivity index (χ0) is 17.8. The van der Waals surface area contributed by atoms with Crippen molar-refractivity contribution < 1.29 is 14.3 Å². The van der Waals surface area contributed by atoms with Crippen LogP contribution in [-0.4, -0.2) is 29.9 Å². The number of para-hydroxylation sites is 1. The van der Waals surface area contributed by atoms with E-state index in [1.54, 1.807) is 24.1 Å². The summed E-state index contributed by atoms with van der Waals surface area (Å²) in [6.45, 7) is 1.96. The molecule has 3 rings (SSSR count). The maximum atomic E-state index is 12.7. The molecule has 0 fully saturated rings. The monoisotopic (exact) mass is 337 g/mol. The van der Waals surface area contributed by atoms with Crippen LogP contribution in [0.5, 0.6) is 11.5 Å². The van der Waals surface area contributed by atoms with Crippen LogP contribution in [0.3, 0.4) is 0 Å². The Morgan fingerprint density at radius 1 is 1.04 bits per heavy atom. The van der Waals surface area contributed by atoms with E-state index in [-0.39, 0.29) is 11.6 Å². The van der Waals surface area contributed by atoms with Crippen LogP contribution in [0, 0.1) is 6.92 Å². The molecule has 0 aliphatic carbocycles. The Morgan fingerprint density at radius 3 is 2.44 bits per heavy atom. The quantitative estimate of drug-likeness (QED) is 0.774. The highest BCUT2D eigenvalue weighted by Crippen LogP contribution is 2.27. The van der Waals surface area contributed by atoms with Gasteiger partial charge in [-0.15, -0.1) is 0 Å². The number of aryl methyl sites for hydroxylation is 1. The highest BCUT2D eigenvalue weighted by molar-refractivity contribution is 6.05. The summed E-state index contributed by atoms with van der Waals surface area (Å²) < 4.78 is 12.2. The fourth-order valence-electron chi connectivity index (χ4n) is 2.46. The number of ether oxygens (including phenoxy) is 2. The van der Waals surface area contributed by atoms with Crippen LogP contribution in [0.2, 0.25) is 0 Å². The SMILES string of the molecule is COc1cc(C)ccc1NC(=O)c1nn(-c2ccccc2)cc1OC. The summed E-state index contributed by atoms with van der Waals surface area (Å²) >= 11 is 0. The van der Waals surface area contributed by atoms with Crippen molar-refractivity contribution in [3.05, 3.63) is 66.0 Å². The summed E-state index contributed by atoms with van der Waals surface area (Å²) in [5, 5.41) is 7.18. The van der Waals surface area contributed by atoms with Crippen LogP contribution >= 0.6 is 0 Å². The van der Waals surface area contributed by atoms with Gasteiger partial charge in [-0.2, -0.15) is 5.10 Å². The van der Waals surface area contributed by atoms with Crippen LogP contribution in [-0.2, 0) is 0 Å². The molecule has 1 aromatic heterocycles. The zero-order valence-corrected chi connectivity index (χ0v) is 14.3. The minimum Gasteiger partial charge on any atom is -0.495 e. The summed E-state index contributed by atoms with van der Waals surface area (Å²) in [6.07, 6.45) is 1.68. The number of amides is 1. The number of carbonyl (C=O) groups is 1. The second kappa shape index (κ2) is 7.09. The molecule has 2 aromatic carbocycles. The molecule has 0 radical (unpaired) electrons. The first-order valence-electron chi connectivity index (χ1n) is 7.77. The maximum absolute atomic E-state index is 12.7. The van der Waals surface area contributed by atoms with Crippen LogP contribution in [0.4, 0.5) is 5.69 Å². The summed E-state index contributed by atoms with van der Waals surface area (Å²) in [5.74, 6) is 0.621. The Balaban J connectivity index is 1.91. The third-order valence-electron chi connectivity index (χ3n) is 3.74. The van der Waals surface area contributed by atoms with Gasteiger partial charge in [0.05, 0.1) is 31.8 Å². The first-order chi connectivity index (χ1) is 12.1. The van der Waals surface area contributed by atoms with Crippen molar-refractivity contribution in [1.29, 1.82) is 0 Å². The predicted molar refractivity (Wildman–Crippen MR) is 95.8 cm³/mol. The van der Waals surface area contributed by atoms with Crippen molar-refractivity contribution >= 4 is 11.6 Å². The molecule has 0 spiro atoms. The van der Waals surface area contributed by atoms with Crippen LogP contribution in [0.1, 0.15) is 16.1 Å². The molecular weight excluding hydrogens is 318 g/mol. The molecule has 25 heavy (non-hydrogen) atoms. The number of hydrogen-bond donors (Lipinski definition) is 1. The van der Waals surface area contributed by atoms with Crippen LogP contribution in [0.25, 0.3) is 5.69 Å². The molecule has 128 valence electrons. The number of rotatable bonds is 5. The molecule has 0 atom stereocenters. The van der Waals surface area contributed by atoms with Gasteiger partial charge in [-0.25, -0.2) is 4.68 Å². The van der Waals surface area contributed by atoms with Gasteiger partial charge in [0.25, 0.3) is 5.91 Å². The van der Waals surface area contributed by atoms with E-state index in [1.807, 2.05) is 49.4 Å². The van der Waals surface area contributed by atoms with Gasteiger partial charge in [-0.3, -0.25) is 4.79 Å². The number of benzene rings is 2. The molecule has 0 saturated carbocycles. The molecule has 1 amide bonds. The van der Waals surface area contributed by atoms with Crippen molar-refractivity contribution in [2.24, 2.45) is 0 Å². The van der Waals surface area contributed by atoms with Gasteiger partial charge < -0.3 is 14.8 Å². The molecule has 6 heteroatoms. The number of nitrogens with zero attached hydrogens (tertiary/aromatic N) is 2. The molecule has 1 heterocycles. The molecule has 1 N–H and O–H groups in total. The first-order valence-corrected chi connectivity index (χ1v) is 7.77. The number of carbonyl (C=O) groups excluding carboxylic acids is 1. The van der Waals surface area contributed by atoms with E-state index in [0.717, 1.165) is 11.3 Å². The van der Waals surface area contributed by atoms with Gasteiger partial charge in [0.15, 0.2) is 11.4 Å². The van der Waals surface area contributed by atoms with Crippen molar-refractivity contribution in [3.8, 4) is 17.2 Å². The Kier molecular flexibility index (Phi) is 4.70. The number of nitrogens with one attached hydrogen (secondary N) is 1. The van der Waals surface area contributed by atoms with Crippen LogP contribution in [0.15, 0.2) is 54.7 Å². The highest BCUT2D eigenvalue weighted by atomic mass is 16.5. The van der Waals surface area contributed by atoms with Gasteiger partial charge in [0, 0.05) is 0 Å². The Hall–Kier alpha value is -3.28. The van der Waals surface area contributed by atoms with E-state index < -0.39 is 0 Å². The van der Waals surface area contributed by atoms with Gasteiger partial charge in [-0.05, 0) is 36.8 Å². The lowest BCUT2D eigenvalue weighted by atomic mass is 10.2. The average Bonchev–Trinajstić information content (AvgIpc) is 3.08. The second-order valence-electron chi connectivity index (χ2n) is 5.48. The van der Waals surface area contributed by atoms with Crippen LogP contribution < -0.4 is 14.8 Å². The molecule has 6 nitrogen and oxygen atoms in total. The smallest absolute Gasteiger partial charge is 0.280 e. The predicted octanol–water partition coefficient (Wildman–Crippen LogP) is 3.45. The zero-order valence-electron chi connectivity index (χ0n) is 14.3. The summed E-state index contributed by atoms with van der Waals surface area (Å²) in [5.41, 5.74) is 2.66. The summed E-state index contributed by atoms with van der Waals surface area (Å²) in [6, 6.07) is 15.1. The number of aromatic nitrogens is 2. The second-order valence-corrected chi connectivity index (χ2v) is 5.48. The molecule has 0 aliphatic rings. The normalized spacial score (nSPS) is 10.4. The van der Waals surface area contributed by atoms with Crippen molar-refractivity contribution in [1.82, 2.24) is 9.78 Å². The average molecular weight is 337 g/mol. The number of hydrogen-bond acceptors (Lipinski definition) is 4. The van der Waals surface area contributed by atoms with Gasteiger partial charge in [-0.1, -0.05) is 24.3 Å². The van der Waals surface area contributed by atoms with Gasteiger partial charge in [0.1, 0.15) is 5.75 Å². The lowest BCUT2D eigenvalue weighted by molar-refractivity contribution is 0.101. The summed E-state index contributed by atoms with van der Waals surface area (Å²) in [4.78, 5) is 12.7. The maximum Gasteiger partial charge on any atom is 0.280 e. The molecule has 0 bridgehead atoms. The molecular formula is C19H19N3O3. The number of anilines is 1. The lowest BCUT2D eigenvalue weighted by Gasteiger charge is -2.10. The number of methoxy groups -OCH3 is 2. The third-order valence-corrected chi connectivity index (χ3v) is 3.74. The minimum absolute atomic E-state index is 0.203. The van der Waals surface area contributed by atoms with E-state index in [9.17, 15) is 4.79 Å². The van der Waals surface area contributed by atoms with E-state index in [2.05, 4.69) is 10.4 Å². The van der Waals surface area contributed by atoms with Crippen molar-refractivity contribution in [2.75, 3.05) is 19.5 Å². The van der Waals surface area contributed by atoms with E-state index >= 15 is 0 Å². The summed E-state index contributed by atoms with van der Waals surface area (Å²) in [7, 11) is 3.07. The third kappa shape index (κ3) is 3.47. The Morgan fingerprint density at radius 2 is 1.76 bits per heavy atom. The fourth-order valence-corrected chi connectivity index (χ4v) is 2.46. The van der Waals surface area contributed by atoms with E-state index in [1.165, 1.54) is 7.11 Å². The molecule has 3 aromatic rings. The van der Waals surface area contributed by atoms with Gasteiger partial charge in [0.2, 0.25) is 0 Å². The van der Waals surface area contributed by atoms with Gasteiger partial charge >= 0.3 is 0 Å². The standard InChI is InChI=1S/C19H19N3O3/c1-13-9-10-15(16(11-13)24-2)20-19(23)18-17(25-3)12-22(21-18)14-7-5-4-6-8-14/h4-12H,1-3H3,(H,20,23). The lowest BCUT2D eigenvalue weighted by Crippen LogP contribution is -2.14. The highest BCUT2D eigenvalue weighted by Gasteiger charge is 2.19. The molecule has 0 unspecified atom stereocenters. The van der Waals surface area contributed by atoms with Crippen molar-refractivity contribution in [3.63, 3.8) is 0 Å². The topological polar surface area (TPSA) is 65.4 Å². The largest absolute Gasteiger partial charge is 0.495 e. The molecule has 0 aliphatic heterocycles. The Labute approximate surface area is 146 Å².